The number of allylic oxidation sites excluding steroid dienone is 2. The number of likely N-dealkylation sites (tertiary alicyclic amines) is 1. The van der Waals surface area contributed by atoms with Crippen LogP contribution in [-0.4, -0.2) is 41.1 Å². The van der Waals surface area contributed by atoms with Crippen molar-refractivity contribution < 1.29 is 19.4 Å². The molecule has 0 unspecified atom stereocenters. The van der Waals surface area contributed by atoms with E-state index in [4.69, 9.17) is 4.74 Å². The molecule has 188 valence electrons. The maximum Gasteiger partial charge on any atom is 0.233 e. The molecule has 5 rings (SSSR count). The van der Waals surface area contributed by atoms with Gasteiger partial charge in [0.05, 0.1) is 24.5 Å². The highest BCUT2D eigenvalue weighted by Crippen LogP contribution is 2.50. The smallest absolute Gasteiger partial charge is 0.233 e. The highest BCUT2D eigenvalue weighted by Gasteiger charge is 2.56. The number of benzene rings is 2. The van der Waals surface area contributed by atoms with Crippen LogP contribution in [0, 0.1) is 17.8 Å². The summed E-state index contributed by atoms with van der Waals surface area (Å²) in [7, 11) is 0. The van der Waals surface area contributed by atoms with Crippen LogP contribution >= 0.6 is 0 Å². The summed E-state index contributed by atoms with van der Waals surface area (Å²) in [6, 6.07) is 17.6. The Kier molecular flexibility index (Phi) is 7.10. The van der Waals surface area contributed by atoms with E-state index in [1.807, 2.05) is 37.3 Å². The molecule has 36 heavy (non-hydrogen) atoms. The first-order valence-corrected chi connectivity index (χ1v) is 13.3. The van der Waals surface area contributed by atoms with Crippen molar-refractivity contribution in [2.45, 2.75) is 52.1 Å². The number of fused-ring (bicyclic) bond motifs is 3. The van der Waals surface area contributed by atoms with Gasteiger partial charge in [0, 0.05) is 12.5 Å². The molecule has 2 aromatic carbocycles. The molecule has 5 heteroatoms. The number of ether oxygens (including phenoxy) is 1. The third kappa shape index (κ3) is 4.53. The van der Waals surface area contributed by atoms with Gasteiger partial charge in [0.2, 0.25) is 11.8 Å². The lowest BCUT2D eigenvalue weighted by atomic mass is 9.69. The van der Waals surface area contributed by atoms with E-state index in [2.05, 4.69) is 25.1 Å². The monoisotopic (exact) mass is 485 g/mol. The summed E-state index contributed by atoms with van der Waals surface area (Å²) in [6.07, 6.45) is 6.07. The Bertz CT molecular complexity index is 1200. The quantitative estimate of drug-likeness (QED) is 0.289. The van der Waals surface area contributed by atoms with Crippen LogP contribution < -0.4 is 0 Å². The Morgan fingerprint density at radius 3 is 2.58 bits per heavy atom. The van der Waals surface area contributed by atoms with Gasteiger partial charge in [0.15, 0.2) is 0 Å². The predicted octanol–water partition coefficient (Wildman–Crippen LogP) is 5.85. The Labute approximate surface area is 213 Å². The van der Waals surface area contributed by atoms with Gasteiger partial charge in [-0.3, -0.25) is 14.5 Å². The fraction of sp³-hybridized carbons (Fsp3) is 0.419. The van der Waals surface area contributed by atoms with Crippen molar-refractivity contribution in [2.24, 2.45) is 17.8 Å². The van der Waals surface area contributed by atoms with Crippen molar-refractivity contribution in [1.82, 2.24) is 4.90 Å². The zero-order valence-corrected chi connectivity index (χ0v) is 21.2. The fourth-order valence-electron chi connectivity index (χ4n) is 6.38. The number of hydrogen-bond acceptors (Lipinski definition) is 4. The lowest BCUT2D eigenvalue weighted by Crippen LogP contribution is -2.34. The van der Waals surface area contributed by atoms with Crippen LogP contribution in [0.15, 0.2) is 65.7 Å². The molecule has 2 heterocycles. The number of aromatic hydroxyl groups is 1. The first-order valence-electron chi connectivity index (χ1n) is 13.3. The summed E-state index contributed by atoms with van der Waals surface area (Å²) in [5.74, 6) is -0.211. The fourth-order valence-corrected chi connectivity index (χ4v) is 6.38. The molecule has 0 aromatic heterocycles. The number of amides is 2. The summed E-state index contributed by atoms with van der Waals surface area (Å²) in [5, 5.41) is 9.94. The molecule has 0 bridgehead atoms. The summed E-state index contributed by atoms with van der Waals surface area (Å²) in [4.78, 5) is 27.8. The largest absolute Gasteiger partial charge is 0.508 e. The van der Waals surface area contributed by atoms with Gasteiger partial charge < -0.3 is 9.84 Å². The van der Waals surface area contributed by atoms with Crippen LogP contribution in [-0.2, 0) is 14.3 Å². The van der Waals surface area contributed by atoms with E-state index < -0.39 is 0 Å². The van der Waals surface area contributed by atoms with Crippen LogP contribution in [0.25, 0.3) is 11.6 Å². The van der Waals surface area contributed by atoms with Gasteiger partial charge in [-0.05, 0) is 66.5 Å². The van der Waals surface area contributed by atoms with Gasteiger partial charge in [-0.15, -0.1) is 0 Å². The Morgan fingerprint density at radius 2 is 1.86 bits per heavy atom. The molecule has 0 spiro atoms. The summed E-state index contributed by atoms with van der Waals surface area (Å²) < 4.78 is 6.37. The van der Waals surface area contributed by atoms with Gasteiger partial charge in [-0.1, -0.05) is 68.0 Å². The van der Waals surface area contributed by atoms with Crippen molar-refractivity contribution in [3.63, 3.8) is 0 Å². The summed E-state index contributed by atoms with van der Waals surface area (Å²) in [6.45, 7) is 5.18. The van der Waals surface area contributed by atoms with Gasteiger partial charge in [0.25, 0.3) is 0 Å². The SMILES string of the molecule is CCCN1C(=O)[C@@H]2[C@@H](CC(CC)=C3[C@@H](CC/C(=C/c4cccc(O)c4)c4ccccc4)OC[C@@H]32)C1=O. The van der Waals surface area contributed by atoms with E-state index in [9.17, 15) is 14.7 Å². The van der Waals surface area contributed by atoms with Gasteiger partial charge in [0.1, 0.15) is 5.75 Å². The number of phenols is 1. The molecule has 4 atom stereocenters. The average Bonchev–Trinajstić information content (AvgIpc) is 3.41. The average molecular weight is 486 g/mol. The number of nitrogens with zero attached hydrogens (tertiary/aromatic N) is 1. The van der Waals surface area contributed by atoms with Crippen molar-refractivity contribution >= 4 is 23.5 Å². The highest BCUT2D eigenvalue weighted by atomic mass is 16.5. The number of imide groups is 1. The maximum absolute atomic E-state index is 13.3. The number of carbonyl (C=O) groups is 2. The molecular formula is C31H35NO4. The topological polar surface area (TPSA) is 66.8 Å². The molecule has 5 nitrogen and oxygen atoms in total. The van der Waals surface area contributed by atoms with Crippen LogP contribution in [0.3, 0.4) is 0 Å². The molecule has 2 fully saturated rings. The first-order chi connectivity index (χ1) is 17.5. The normalized spacial score (nSPS) is 25.9. The molecule has 1 aliphatic carbocycles. The molecule has 3 aliphatic rings. The minimum Gasteiger partial charge on any atom is -0.508 e. The summed E-state index contributed by atoms with van der Waals surface area (Å²) >= 11 is 0. The minimum absolute atomic E-state index is 0.00232. The van der Waals surface area contributed by atoms with E-state index in [-0.39, 0.29) is 41.4 Å². The van der Waals surface area contributed by atoms with Crippen LogP contribution in [0.5, 0.6) is 5.75 Å². The van der Waals surface area contributed by atoms with Gasteiger partial charge in [-0.25, -0.2) is 0 Å². The second-order valence-electron chi connectivity index (χ2n) is 10.2. The zero-order valence-electron chi connectivity index (χ0n) is 21.2. The molecule has 0 radical (unpaired) electrons. The van der Waals surface area contributed by atoms with Crippen LogP contribution in [0.1, 0.15) is 57.1 Å². The molecular weight excluding hydrogens is 450 g/mol. The standard InChI is InChI=1S/C31H35NO4/c1-3-15-32-30(34)25-18-21(4-2)28-26(29(25)31(32)35)19-36-27(28)14-13-23(22-10-6-5-7-11-22)16-20-9-8-12-24(33)17-20/h5-12,16-17,25-27,29,33H,3-4,13-15,18-19H2,1-2H3/b23-16-/t25-,26+,27-,29-/m1/s1. The lowest BCUT2D eigenvalue weighted by Gasteiger charge is -2.31. The first kappa shape index (κ1) is 24.5. The predicted molar refractivity (Wildman–Crippen MR) is 141 cm³/mol. The summed E-state index contributed by atoms with van der Waals surface area (Å²) in [5.41, 5.74) is 5.88. The number of carbonyl (C=O) groups excluding carboxylic acids is 2. The number of rotatable bonds is 8. The molecule has 2 aromatic rings. The van der Waals surface area contributed by atoms with Gasteiger partial charge in [-0.2, -0.15) is 0 Å². The van der Waals surface area contributed by atoms with Crippen molar-refractivity contribution in [1.29, 1.82) is 0 Å². The Balaban J connectivity index is 1.40. The third-order valence-corrected chi connectivity index (χ3v) is 8.00. The van der Waals surface area contributed by atoms with E-state index >= 15 is 0 Å². The Hall–Kier alpha value is -3.18. The number of hydrogen-bond donors (Lipinski definition) is 1. The second kappa shape index (κ2) is 10.4. The number of phenolic OH excluding ortho intramolecular Hbond substituents is 1. The maximum atomic E-state index is 13.3. The molecule has 2 saturated heterocycles. The second-order valence-corrected chi connectivity index (χ2v) is 10.2. The Morgan fingerprint density at radius 1 is 1.06 bits per heavy atom. The molecule has 0 saturated carbocycles. The van der Waals surface area contributed by atoms with Gasteiger partial charge >= 0.3 is 0 Å². The van der Waals surface area contributed by atoms with E-state index in [0.717, 1.165) is 36.8 Å². The van der Waals surface area contributed by atoms with Crippen molar-refractivity contribution in [3.05, 3.63) is 76.9 Å². The van der Waals surface area contributed by atoms with Crippen molar-refractivity contribution in [3.8, 4) is 5.75 Å². The van der Waals surface area contributed by atoms with Crippen LogP contribution in [0.2, 0.25) is 0 Å². The van der Waals surface area contributed by atoms with E-state index in [0.29, 0.717) is 19.6 Å². The lowest BCUT2D eigenvalue weighted by molar-refractivity contribution is -0.140. The minimum atomic E-state index is -0.268. The van der Waals surface area contributed by atoms with Crippen molar-refractivity contribution in [2.75, 3.05) is 13.2 Å². The zero-order chi connectivity index (χ0) is 25.2. The molecule has 1 N–H and O–H groups in total. The van der Waals surface area contributed by atoms with E-state index in [1.165, 1.54) is 21.6 Å². The van der Waals surface area contributed by atoms with E-state index in [1.54, 1.807) is 12.1 Å². The highest BCUT2D eigenvalue weighted by molar-refractivity contribution is 6.06. The molecule has 2 amide bonds. The molecule has 2 aliphatic heterocycles. The van der Waals surface area contributed by atoms with Crippen LogP contribution in [0.4, 0.5) is 0 Å². The third-order valence-electron chi connectivity index (χ3n) is 8.00.